The van der Waals surface area contributed by atoms with Gasteiger partial charge in [-0.3, -0.25) is 9.50 Å². The van der Waals surface area contributed by atoms with E-state index in [1.165, 1.54) is 6.07 Å². The van der Waals surface area contributed by atoms with Gasteiger partial charge < -0.3 is 9.64 Å². The monoisotopic (exact) mass is 430 g/mol. The van der Waals surface area contributed by atoms with Crippen LogP contribution in [0.2, 0.25) is 0 Å². The topological polar surface area (TPSA) is 71.3 Å². The second kappa shape index (κ2) is 7.31. The Morgan fingerprint density at radius 1 is 1.19 bits per heavy atom. The number of benzene rings is 1. The third kappa shape index (κ3) is 3.12. The van der Waals surface area contributed by atoms with Crippen LogP contribution in [-0.4, -0.2) is 50.9 Å². The van der Waals surface area contributed by atoms with Gasteiger partial charge in [0.2, 0.25) is 5.95 Å². The molecule has 2 fully saturated rings. The van der Waals surface area contributed by atoms with Crippen LogP contribution in [0, 0.1) is 30.0 Å². The van der Waals surface area contributed by atoms with Crippen molar-refractivity contribution in [1.82, 2.24) is 24.6 Å². The summed E-state index contributed by atoms with van der Waals surface area (Å²) in [5, 5.41) is 8.11. The van der Waals surface area contributed by atoms with Gasteiger partial charge in [0, 0.05) is 32.1 Å². The average molecular weight is 430 g/mol. The van der Waals surface area contributed by atoms with Gasteiger partial charge in [-0.1, -0.05) is 12.0 Å². The second-order valence-electron chi connectivity index (χ2n) is 8.85. The second-order valence-corrected chi connectivity index (χ2v) is 8.85. The number of aryl methyl sites for hydroxylation is 1. The highest BCUT2D eigenvalue weighted by Crippen LogP contribution is 2.40. The van der Waals surface area contributed by atoms with Crippen molar-refractivity contribution in [1.29, 1.82) is 0 Å². The summed E-state index contributed by atoms with van der Waals surface area (Å²) >= 11 is 0. The van der Waals surface area contributed by atoms with Crippen LogP contribution < -0.4 is 4.90 Å². The molecule has 2 saturated heterocycles. The van der Waals surface area contributed by atoms with Crippen molar-refractivity contribution in [3.63, 3.8) is 0 Å². The highest BCUT2D eigenvalue weighted by atomic mass is 19.1. The Hall–Kier alpha value is -3.44. The minimum absolute atomic E-state index is 0.328. The van der Waals surface area contributed by atoms with Gasteiger partial charge in [0.05, 0.1) is 17.6 Å². The number of anilines is 1. The number of nitrogens with zero attached hydrogens (tertiary/aromatic N) is 5. The normalized spacial score (nSPS) is 17.9. The van der Waals surface area contributed by atoms with E-state index in [1.807, 2.05) is 23.6 Å². The molecule has 7 nitrogen and oxygen atoms in total. The van der Waals surface area contributed by atoms with Gasteiger partial charge in [-0.05, 0) is 55.2 Å². The summed E-state index contributed by atoms with van der Waals surface area (Å²) in [4.78, 5) is 11.7. The van der Waals surface area contributed by atoms with Crippen LogP contribution in [0.25, 0.3) is 16.7 Å². The number of halogens is 1. The Bertz CT molecular complexity index is 1380. The molecule has 1 N–H and O–H groups in total. The first-order valence-corrected chi connectivity index (χ1v) is 10.9. The van der Waals surface area contributed by atoms with E-state index in [0.29, 0.717) is 22.3 Å². The molecule has 0 radical (unpaired) electrons. The fourth-order valence-corrected chi connectivity index (χ4v) is 4.81. The molecule has 0 bridgehead atoms. The van der Waals surface area contributed by atoms with E-state index < -0.39 is 0 Å². The summed E-state index contributed by atoms with van der Waals surface area (Å²) < 4.78 is 21.9. The van der Waals surface area contributed by atoms with Gasteiger partial charge in [0.15, 0.2) is 11.3 Å². The largest absolute Gasteiger partial charge is 0.381 e. The molecular formula is C24H23FN6O. The lowest BCUT2D eigenvalue weighted by Gasteiger charge is -2.38. The van der Waals surface area contributed by atoms with Crippen molar-refractivity contribution in [2.24, 2.45) is 5.41 Å². The first-order chi connectivity index (χ1) is 15.6. The van der Waals surface area contributed by atoms with Crippen molar-refractivity contribution in [2.75, 3.05) is 31.2 Å². The number of fused-ring (bicyclic) bond motifs is 3. The number of ether oxygens (including phenoxy) is 1. The molecular weight excluding hydrogens is 407 g/mol. The van der Waals surface area contributed by atoms with E-state index in [9.17, 15) is 4.39 Å². The molecule has 8 heteroatoms. The van der Waals surface area contributed by atoms with Crippen molar-refractivity contribution < 1.29 is 9.13 Å². The first-order valence-electron chi connectivity index (χ1n) is 10.9. The van der Waals surface area contributed by atoms with E-state index in [-0.39, 0.29) is 5.82 Å². The highest BCUT2D eigenvalue weighted by Gasteiger charge is 2.38. The van der Waals surface area contributed by atoms with Crippen molar-refractivity contribution in [2.45, 2.75) is 26.2 Å². The van der Waals surface area contributed by atoms with Gasteiger partial charge in [-0.15, -0.1) is 0 Å². The molecule has 0 unspecified atom stereocenters. The average Bonchev–Trinajstić information content (AvgIpc) is 3.53. The third-order valence-electron chi connectivity index (χ3n) is 6.77. The van der Waals surface area contributed by atoms with E-state index in [0.717, 1.165) is 68.1 Å². The number of aromatic amines is 1. The minimum Gasteiger partial charge on any atom is -0.381 e. The van der Waals surface area contributed by atoms with E-state index >= 15 is 0 Å². The number of nitrogens with one attached hydrogen (secondary N) is 1. The van der Waals surface area contributed by atoms with Gasteiger partial charge in [-0.25, -0.2) is 9.37 Å². The number of imidazole rings is 1. The molecule has 6 rings (SSSR count). The molecule has 32 heavy (non-hydrogen) atoms. The standard InChI is InChI=1S/C24H23FN6O/c1-16-2-3-17(18(25)14-16)4-5-19-20-21(29-28-19)27-23(31-12-9-26-22(20)31)30-10-6-24(7-11-30)8-13-32-15-24/h2-3,9,12,14H,6-8,10-11,13,15H2,1H3,(H,28,29). The van der Waals surface area contributed by atoms with E-state index in [1.54, 1.807) is 12.3 Å². The van der Waals surface area contributed by atoms with Crippen LogP contribution in [0.3, 0.4) is 0 Å². The van der Waals surface area contributed by atoms with Crippen LogP contribution in [0.4, 0.5) is 10.3 Å². The molecule has 0 amide bonds. The summed E-state index contributed by atoms with van der Waals surface area (Å²) in [5.74, 6) is 6.45. The fourth-order valence-electron chi connectivity index (χ4n) is 4.81. The van der Waals surface area contributed by atoms with E-state index in [2.05, 4.69) is 31.9 Å². The fraction of sp³-hybridized carbons (Fsp3) is 0.375. The molecule has 1 aromatic carbocycles. The number of hydrogen-bond donors (Lipinski definition) is 1. The first kappa shape index (κ1) is 19.3. The molecule has 4 aromatic rings. The maximum atomic E-state index is 14.2. The summed E-state index contributed by atoms with van der Waals surface area (Å²) in [6.45, 7) is 5.46. The van der Waals surface area contributed by atoms with Crippen LogP contribution >= 0.6 is 0 Å². The zero-order chi connectivity index (χ0) is 21.7. The molecule has 5 heterocycles. The Kier molecular flexibility index (Phi) is 4.40. The highest BCUT2D eigenvalue weighted by molar-refractivity contribution is 5.94. The Morgan fingerprint density at radius 3 is 2.84 bits per heavy atom. The predicted octanol–water partition coefficient (Wildman–Crippen LogP) is 3.46. The number of H-pyrrole nitrogens is 1. The van der Waals surface area contributed by atoms with Crippen molar-refractivity contribution >= 4 is 22.6 Å². The SMILES string of the molecule is Cc1ccc(C#Cc2[nH]nc3nc(N4CCC5(CCOC5)CC4)n4ccnc4c23)c(F)c1. The van der Waals surface area contributed by atoms with Crippen molar-refractivity contribution in [3.05, 3.63) is 53.2 Å². The third-order valence-corrected chi connectivity index (χ3v) is 6.77. The Morgan fingerprint density at radius 2 is 2.06 bits per heavy atom. The smallest absolute Gasteiger partial charge is 0.213 e. The van der Waals surface area contributed by atoms with Gasteiger partial charge in [-0.2, -0.15) is 10.1 Å². The maximum Gasteiger partial charge on any atom is 0.213 e. The summed E-state index contributed by atoms with van der Waals surface area (Å²) in [5.41, 5.74) is 3.43. The zero-order valence-electron chi connectivity index (χ0n) is 17.9. The molecule has 1 spiro atoms. The number of piperidine rings is 1. The number of aromatic nitrogens is 5. The zero-order valence-corrected chi connectivity index (χ0v) is 17.9. The van der Waals surface area contributed by atoms with Gasteiger partial charge in [0.1, 0.15) is 11.5 Å². The lowest BCUT2D eigenvalue weighted by Crippen LogP contribution is -2.41. The maximum absolute atomic E-state index is 14.2. The van der Waals surface area contributed by atoms with Crippen LogP contribution in [-0.2, 0) is 4.74 Å². The number of rotatable bonds is 1. The summed E-state index contributed by atoms with van der Waals surface area (Å²) in [6.07, 6.45) is 7.03. The molecule has 0 atom stereocenters. The van der Waals surface area contributed by atoms with E-state index in [4.69, 9.17) is 9.72 Å². The quantitative estimate of drug-likeness (QED) is 0.469. The van der Waals surface area contributed by atoms with Crippen LogP contribution in [0.5, 0.6) is 0 Å². The molecule has 3 aromatic heterocycles. The Labute approximate surface area is 184 Å². The lowest BCUT2D eigenvalue weighted by atomic mass is 9.78. The summed E-state index contributed by atoms with van der Waals surface area (Å²) in [7, 11) is 0. The molecule has 0 aliphatic carbocycles. The minimum atomic E-state index is -0.330. The van der Waals surface area contributed by atoms with Gasteiger partial charge >= 0.3 is 0 Å². The van der Waals surface area contributed by atoms with Gasteiger partial charge in [0.25, 0.3) is 0 Å². The van der Waals surface area contributed by atoms with Crippen molar-refractivity contribution in [3.8, 4) is 11.8 Å². The van der Waals surface area contributed by atoms with Crippen LogP contribution in [0.1, 0.15) is 36.1 Å². The summed E-state index contributed by atoms with van der Waals surface area (Å²) in [6, 6.07) is 5.02. The van der Waals surface area contributed by atoms with Crippen LogP contribution in [0.15, 0.2) is 30.6 Å². The predicted molar refractivity (Wildman–Crippen MR) is 119 cm³/mol. The molecule has 162 valence electrons. The Balaban J connectivity index is 1.37. The lowest BCUT2D eigenvalue weighted by molar-refractivity contribution is 0.133. The molecule has 2 aliphatic rings. The molecule has 2 aliphatic heterocycles. The number of hydrogen-bond acceptors (Lipinski definition) is 5. The molecule has 0 saturated carbocycles.